The lowest BCUT2D eigenvalue weighted by atomic mass is 10.2. The largest absolute Gasteiger partial charge is 0.418 e. The van der Waals surface area contributed by atoms with E-state index < -0.39 is 11.7 Å². The Bertz CT molecular complexity index is 270. The number of halogens is 3. The van der Waals surface area contributed by atoms with E-state index in [1.807, 2.05) is 0 Å². The summed E-state index contributed by atoms with van der Waals surface area (Å²) in [5.41, 5.74) is 0.681. The Morgan fingerprint density at radius 3 is 2.17 bits per heavy atom. The Hall–Kier alpha value is -1.23. The fraction of sp³-hybridized carbons (Fsp3) is 0.143. The van der Waals surface area contributed by atoms with Crippen LogP contribution >= 0.6 is 0 Å². The SMILES string of the molecule is [NH]Nc1ccccc1C(F)(F)F. The molecule has 0 spiro atoms. The van der Waals surface area contributed by atoms with Crippen LogP contribution < -0.4 is 11.3 Å². The number of rotatable bonds is 1. The monoisotopic (exact) mass is 175 g/mol. The van der Waals surface area contributed by atoms with Gasteiger partial charge in [-0.05, 0) is 12.1 Å². The zero-order valence-corrected chi connectivity index (χ0v) is 5.94. The third-order valence-electron chi connectivity index (χ3n) is 1.37. The Morgan fingerprint density at radius 2 is 1.75 bits per heavy atom. The predicted molar refractivity (Wildman–Crippen MR) is 38.2 cm³/mol. The first kappa shape index (κ1) is 8.86. The highest BCUT2D eigenvalue weighted by molar-refractivity contribution is 5.51. The molecule has 1 aromatic rings. The van der Waals surface area contributed by atoms with Gasteiger partial charge in [0.05, 0.1) is 11.3 Å². The molecule has 0 amide bonds. The molecule has 2 nitrogen and oxygen atoms in total. The molecular weight excluding hydrogens is 169 g/mol. The third-order valence-corrected chi connectivity index (χ3v) is 1.37. The lowest BCUT2D eigenvalue weighted by molar-refractivity contribution is -0.137. The molecule has 0 fully saturated rings. The van der Waals surface area contributed by atoms with E-state index in [0.717, 1.165) is 6.07 Å². The van der Waals surface area contributed by atoms with Crippen molar-refractivity contribution in [2.45, 2.75) is 6.18 Å². The van der Waals surface area contributed by atoms with Gasteiger partial charge in [-0.2, -0.15) is 19.0 Å². The molecular formula is C7H6F3N2. The molecule has 0 unspecified atom stereocenters. The summed E-state index contributed by atoms with van der Waals surface area (Å²) < 4.78 is 36.3. The molecule has 1 radical (unpaired) electrons. The number of para-hydroxylation sites is 1. The molecule has 0 heterocycles. The van der Waals surface area contributed by atoms with Crippen molar-refractivity contribution < 1.29 is 13.2 Å². The highest BCUT2D eigenvalue weighted by Gasteiger charge is 2.32. The van der Waals surface area contributed by atoms with Gasteiger partial charge in [0.2, 0.25) is 0 Å². The standard InChI is InChI=1S/C7H6F3N2/c8-7(9,10)5-3-1-2-4-6(5)12-11/h1-4,11-12H. The molecule has 0 aliphatic heterocycles. The average Bonchev–Trinajstić information content (AvgIpc) is 2.03. The van der Waals surface area contributed by atoms with Crippen LogP contribution in [0.4, 0.5) is 18.9 Å². The molecule has 0 saturated carbocycles. The molecule has 0 atom stereocenters. The first-order valence-electron chi connectivity index (χ1n) is 3.14. The summed E-state index contributed by atoms with van der Waals surface area (Å²) in [7, 11) is 0. The van der Waals surface area contributed by atoms with E-state index in [2.05, 4.69) is 0 Å². The van der Waals surface area contributed by atoms with Gasteiger partial charge in [-0.1, -0.05) is 12.1 Å². The average molecular weight is 175 g/mol. The number of hydrogen-bond acceptors (Lipinski definition) is 1. The number of anilines is 1. The van der Waals surface area contributed by atoms with Crippen LogP contribution in [0.25, 0.3) is 0 Å². The van der Waals surface area contributed by atoms with E-state index in [9.17, 15) is 13.2 Å². The fourth-order valence-electron chi connectivity index (χ4n) is 0.839. The first-order valence-corrected chi connectivity index (χ1v) is 3.14. The zero-order chi connectivity index (χ0) is 9.19. The van der Waals surface area contributed by atoms with Gasteiger partial charge < -0.3 is 5.43 Å². The minimum Gasteiger partial charge on any atom is -0.306 e. The van der Waals surface area contributed by atoms with Crippen molar-refractivity contribution in [2.24, 2.45) is 0 Å². The smallest absolute Gasteiger partial charge is 0.306 e. The Morgan fingerprint density at radius 1 is 1.17 bits per heavy atom. The number of alkyl halides is 3. The van der Waals surface area contributed by atoms with E-state index in [0.29, 0.717) is 0 Å². The van der Waals surface area contributed by atoms with E-state index >= 15 is 0 Å². The van der Waals surface area contributed by atoms with Gasteiger partial charge in [0.15, 0.2) is 0 Å². The van der Waals surface area contributed by atoms with Gasteiger partial charge in [0.25, 0.3) is 0 Å². The van der Waals surface area contributed by atoms with Crippen LogP contribution in [0.1, 0.15) is 5.56 Å². The van der Waals surface area contributed by atoms with Gasteiger partial charge in [-0.25, -0.2) is 0 Å². The van der Waals surface area contributed by atoms with Crippen molar-refractivity contribution in [1.29, 1.82) is 0 Å². The van der Waals surface area contributed by atoms with Gasteiger partial charge in [-0.15, -0.1) is 0 Å². The molecule has 0 aromatic heterocycles. The fourth-order valence-corrected chi connectivity index (χ4v) is 0.839. The molecule has 2 N–H and O–H groups in total. The van der Waals surface area contributed by atoms with Crippen molar-refractivity contribution in [3.05, 3.63) is 29.8 Å². The minimum absolute atomic E-state index is 0.231. The summed E-state index contributed by atoms with van der Waals surface area (Å²) in [4.78, 5) is 0. The second-order valence-electron chi connectivity index (χ2n) is 2.17. The Balaban J connectivity index is 3.14. The normalized spacial score (nSPS) is 11.3. The molecule has 65 valence electrons. The molecule has 0 aliphatic rings. The molecule has 0 aliphatic carbocycles. The van der Waals surface area contributed by atoms with Gasteiger partial charge >= 0.3 is 6.18 Å². The van der Waals surface area contributed by atoms with Crippen molar-refractivity contribution in [3.63, 3.8) is 0 Å². The van der Waals surface area contributed by atoms with Crippen molar-refractivity contribution in [1.82, 2.24) is 5.84 Å². The maximum absolute atomic E-state index is 12.1. The highest BCUT2D eigenvalue weighted by atomic mass is 19.4. The quantitative estimate of drug-likeness (QED) is 0.653. The maximum Gasteiger partial charge on any atom is 0.418 e. The summed E-state index contributed by atoms with van der Waals surface area (Å²) >= 11 is 0. The van der Waals surface area contributed by atoms with Gasteiger partial charge in [0, 0.05) is 0 Å². The molecule has 12 heavy (non-hydrogen) atoms. The topological polar surface area (TPSA) is 35.8 Å². The number of nitrogens with one attached hydrogen (secondary N) is 2. The van der Waals surface area contributed by atoms with Crippen molar-refractivity contribution in [2.75, 3.05) is 5.43 Å². The van der Waals surface area contributed by atoms with Crippen LogP contribution in [0, 0.1) is 0 Å². The van der Waals surface area contributed by atoms with Crippen LogP contribution in [-0.2, 0) is 6.18 Å². The van der Waals surface area contributed by atoms with Crippen LogP contribution in [0.2, 0.25) is 0 Å². The second kappa shape index (κ2) is 3.02. The van der Waals surface area contributed by atoms with Crippen LogP contribution in [0.5, 0.6) is 0 Å². The van der Waals surface area contributed by atoms with E-state index in [1.165, 1.54) is 18.2 Å². The summed E-state index contributed by atoms with van der Waals surface area (Å²) in [6.07, 6.45) is -4.40. The van der Waals surface area contributed by atoms with E-state index in [4.69, 9.17) is 5.84 Å². The molecule has 1 rings (SSSR count). The lowest BCUT2D eigenvalue weighted by Crippen LogP contribution is -2.09. The predicted octanol–water partition coefficient (Wildman–Crippen LogP) is 2.32. The molecule has 0 saturated heterocycles. The second-order valence-corrected chi connectivity index (χ2v) is 2.17. The molecule has 5 heteroatoms. The Kier molecular flexibility index (Phi) is 2.23. The first-order chi connectivity index (χ1) is 5.55. The van der Waals surface area contributed by atoms with Gasteiger partial charge in [-0.3, -0.25) is 0 Å². The summed E-state index contributed by atoms with van der Waals surface area (Å²) in [5.74, 6) is 6.61. The van der Waals surface area contributed by atoms with Gasteiger partial charge in [0.1, 0.15) is 0 Å². The van der Waals surface area contributed by atoms with Crippen LogP contribution in [0.3, 0.4) is 0 Å². The van der Waals surface area contributed by atoms with E-state index in [-0.39, 0.29) is 5.69 Å². The summed E-state index contributed by atoms with van der Waals surface area (Å²) in [5, 5.41) is 0. The minimum atomic E-state index is -4.40. The zero-order valence-electron chi connectivity index (χ0n) is 5.94. The van der Waals surface area contributed by atoms with Crippen molar-refractivity contribution in [3.8, 4) is 0 Å². The maximum atomic E-state index is 12.1. The lowest BCUT2D eigenvalue weighted by Gasteiger charge is -2.10. The number of benzene rings is 1. The summed E-state index contributed by atoms with van der Waals surface area (Å²) in [6, 6.07) is 4.85. The van der Waals surface area contributed by atoms with Crippen LogP contribution in [0.15, 0.2) is 24.3 Å². The molecule has 0 bridgehead atoms. The third kappa shape index (κ3) is 1.68. The van der Waals surface area contributed by atoms with Crippen molar-refractivity contribution >= 4 is 5.69 Å². The molecule has 1 aromatic carbocycles. The number of hydrogen-bond donors (Lipinski definition) is 1. The summed E-state index contributed by atoms with van der Waals surface area (Å²) in [6.45, 7) is 0. The van der Waals surface area contributed by atoms with Crippen LogP contribution in [-0.4, -0.2) is 0 Å². The Labute approximate surface area is 67.2 Å². The highest BCUT2D eigenvalue weighted by Crippen LogP contribution is 2.33. The van der Waals surface area contributed by atoms with E-state index in [1.54, 1.807) is 5.43 Å².